The molecule has 90 valence electrons. The number of aromatic nitrogens is 1. The minimum Gasteiger partial charge on any atom is -0.452 e. The van der Waals surface area contributed by atoms with E-state index in [1.807, 2.05) is 0 Å². The second-order valence-electron chi connectivity index (χ2n) is 3.01. The van der Waals surface area contributed by atoms with E-state index in [4.69, 9.17) is 39.2 Å². The molecule has 8 heteroatoms. The van der Waals surface area contributed by atoms with Crippen molar-refractivity contribution in [2.24, 2.45) is 0 Å². The van der Waals surface area contributed by atoms with E-state index >= 15 is 0 Å². The fourth-order valence-electron chi connectivity index (χ4n) is 1.32. The van der Waals surface area contributed by atoms with Gasteiger partial charge in [0, 0.05) is 0 Å². The molecule has 0 spiro atoms. The summed E-state index contributed by atoms with van der Waals surface area (Å²) >= 11 is 17.4. The molecule has 0 atom stereocenters. The average molecular weight is 296 g/mol. The van der Waals surface area contributed by atoms with Gasteiger partial charge in [0.15, 0.2) is 5.58 Å². The molecule has 1 aromatic heterocycles. The van der Waals surface area contributed by atoms with Gasteiger partial charge in [-0.15, -0.1) is 0 Å². The normalized spacial score (nSPS) is 10.8. The molecular weight excluding hydrogens is 292 g/mol. The molecule has 5 nitrogen and oxygen atoms in total. The van der Waals surface area contributed by atoms with Crippen molar-refractivity contribution in [3.8, 4) is 0 Å². The minimum absolute atomic E-state index is 0.0172. The van der Waals surface area contributed by atoms with Crippen LogP contribution in [0.4, 0.5) is 4.79 Å². The highest BCUT2D eigenvalue weighted by Crippen LogP contribution is 2.36. The second kappa shape index (κ2) is 4.25. The van der Waals surface area contributed by atoms with Gasteiger partial charge in [-0.2, -0.15) is 4.57 Å². The summed E-state index contributed by atoms with van der Waals surface area (Å²) in [5, 5.41) is 0.114. The Labute approximate surface area is 109 Å². The topological polar surface area (TPSA) is 61.4 Å². The predicted octanol–water partition coefficient (Wildman–Crippen LogP) is 3.17. The third kappa shape index (κ3) is 1.80. The van der Waals surface area contributed by atoms with Crippen LogP contribution in [0.15, 0.2) is 15.3 Å². The molecule has 0 saturated carbocycles. The molecule has 0 saturated heterocycles. The van der Waals surface area contributed by atoms with Crippen molar-refractivity contribution in [3.05, 3.63) is 31.7 Å². The van der Waals surface area contributed by atoms with Gasteiger partial charge in [-0.3, -0.25) is 0 Å². The van der Waals surface area contributed by atoms with Crippen molar-refractivity contribution in [3.63, 3.8) is 0 Å². The third-order valence-corrected chi connectivity index (χ3v) is 3.31. The molecule has 0 aliphatic rings. The monoisotopic (exact) mass is 295 g/mol. The average Bonchev–Trinajstić information content (AvgIpc) is 2.62. The molecule has 0 fully saturated rings. The fourth-order valence-corrected chi connectivity index (χ4v) is 1.95. The van der Waals surface area contributed by atoms with Gasteiger partial charge in [-0.25, -0.2) is 9.59 Å². The van der Waals surface area contributed by atoms with Gasteiger partial charge in [0.25, 0.3) is 0 Å². The van der Waals surface area contributed by atoms with E-state index in [-0.39, 0.29) is 26.2 Å². The molecule has 2 aromatic rings. The highest BCUT2D eigenvalue weighted by Gasteiger charge is 2.21. The molecule has 2 rings (SSSR count). The molecule has 0 radical (unpaired) electrons. The number of rotatable bonds is 0. The van der Waals surface area contributed by atoms with Crippen LogP contribution in [-0.2, 0) is 4.74 Å². The number of halogens is 3. The zero-order valence-electron chi connectivity index (χ0n) is 8.29. The molecule has 0 bridgehead atoms. The quantitative estimate of drug-likeness (QED) is 0.701. The van der Waals surface area contributed by atoms with Crippen molar-refractivity contribution in [2.75, 3.05) is 7.11 Å². The van der Waals surface area contributed by atoms with Crippen molar-refractivity contribution < 1.29 is 13.9 Å². The highest BCUT2D eigenvalue weighted by molar-refractivity contribution is 6.50. The lowest BCUT2D eigenvalue weighted by atomic mass is 10.3. The maximum absolute atomic E-state index is 11.5. The number of carbonyl (C=O) groups excluding carboxylic acids is 1. The zero-order valence-corrected chi connectivity index (χ0v) is 10.6. The SMILES string of the molecule is COC(=O)n1c(=O)oc2c(Cl)c(Cl)c(Cl)cc21. The maximum atomic E-state index is 11.5. The van der Waals surface area contributed by atoms with E-state index < -0.39 is 11.8 Å². The number of oxazole rings is 1. The molecule has 0 aliphatic carbocycles. The van der Waals surface area contributed by atoms with Crippen LogP contribution in [-0.4, -0.2) is 17.8 Å². The molecule has 0 aliphatic heterocycles. The maximum Gasteiger partial charge on any atom is 0.429 e. The zero-order chi connectivity index (χ0) is 12.7. The molecular formula is C9H4Cl3NO4. The van der Waals surface area contributed by atoms with E-state index in [0.29, 0.717) is 4.57 Å². The van der Waals surface area contributed by atoms with Gasteiger partial charge in [0.1, 0.15) is 10.5 Å². The summed E-state index contributed by atoms with van der Waals surface area (Å²) in [6.45, 7) is 0. The second-order valence-corrected chi connectivity index (χ2v) is 4.17. The van der Waals surface area contributed by atoms with Crippen molar-refractivity contribution in [1.29, 1.82) is 0 Å². The molecule has 1 heterocycles. The van der Waals surface area contributed by atoms with E-state index in [1.54, 1.807) is 0 Å². The predicted molar refractivity (Wildman–Crippen MR) is 63.3 cm³/mol. The lowest BCUT2D eigenvalue weighted by Crippen LogP contribution is -2.22. The first-order valence-corrected chi connectivity index (χ1v) is 5.38. The summed E-state index contributed by atoms with van der Waals surface area (Å²) in [5.74, 6) is -0.924. The molecule has 1 aromatic carbocycles. The van der Waals surface area contributed by atoms with E-state index in [9.17, 15) is 9.59 Å². The largest absolute Gasteiger partial charge is 0.452 e. The van der Waals surface area contributed by atoms with E-state index in [0.717, 1.165) is 7.11 Å². The van der Waals surface area contributed by atoms with Crippen molar-refractivity contribution >= 4 is 52.0 Å². The minimum atomic E-state index is -0.924. The van der Waals surface area contributed by atoms with Crippen LogP contribution in [0.5, 0.6) is 0 Å². The first-order chi connectivity index (χ1) is 7.97. The van der Waals surface area contributed by atoms with Crippen molar-refractivity contribution in [2.45, 2.75) is 0 Å². The Hall–Kier alpha value is -1.17. The van der Waals surface area contributed by atoms with Crippen LogP contribution in [0.3, 0.4) is 0 Å². The number of benzene rings is 1. The van der Waals surface area contributed by atoms with Crippen LogP contribution in [0, 0.1) is 0 Å². The summed E-state index contributed by atoms with van der Waals surface area (Å²) in [6.07, 6.45) is -0.900. The Morgan fingerprint density at radius 1 is 1.35 bits per heavy atom. The Kier molecular flexibility index (Phi) is 3.07. The van der Waals surface area contributed by atoms with E-state index in [1.165, 1.54) is 6.07 Å². The van der Waals surface area contributed by atoms with Crippen molar-refractivity contribution in [1.82, 2.24) is 4.57 Å². The molecule has 0 N–H and O–H groups in total. The molecule has 0 unspecified atom stereocenters. The van der Waals surface area contributed by atoms with Crippen LogP contribution >= 0.6 is 34.8 Å². The van der Waals surface area contributed by atoms with Gasteiger partial charge in [-0.1, -0.05) is 34.8 Å². The highest BCUT2D eigenvalue weighted by atomic mass is 35.5. The summed E-state index contributed by atoms with van der Waals surface area (Å²) in [4.78, 5) is 22.8. The van der Waals surface area contributed by atoms with Gasteiger partial charge in [0.2, 0.25) is 0 Å². The first kappa shape index (κ1) is 12.3. The molecule has 17 heavy (non-hydrogen) atoms. The third-order valence-electron chi connectivity index (χ3n) is 2.07. The van der Waals surface area contributed by atoms with Gasteiger partial charge in [0.05, 0.1) is 17.2 Å². The smallest absolute Gasteiger partial charge is 0.429 e. The Morgan fingerprint density at radius 3 is 2.59 bits per heavy atom. The summed E-state index contributed by atoms with van der Waals surface area (Å²) < 4.78 is 9.93. The van der Waals surface area contributed by atoms with Crippen LogP contribution in [0.1, 0.15) is 0 Å². The lowest BCUT2D eigenvalue weighted by molar-refractivity contribution is 0.171. The number of methoxy groups -OCH3 is 1. The van der Waals surface area contributed by atoms with Gasteiger partial charge >= 0.3 is 11.8 Å². The standard InChI is InChI=1S/C9H4Cl3NO4/c1-16-8(14)13-4-2-3(10)5(11)6(12)7(4)17-9(13)15/h2H,1H3. The summed E-state index contributed by atoms with van der Waals surface area (Å²) in [6, 6.07) is 1.30. The fraction of sp³-hybridized carbons (Fsp3) is 0.111. The number of hydrogen-bond donors (Lipinski definition) is 0. The molecule has 0 amide bonds. The number of fused-ring (bicyclic) bond motifs is 1. The number of hydrogen-bond acceptors (Lipinski definition) is 4. The van der Waals surface area contributed by atoms with Gasteiger partial charge < -0.3 is 9.15 Å². The van der Waals surface area contributed by atoms with Crippen LogP contribution < -0.4 is 5.76 Å². The van der Waals surface area contributed by atoms with Gasteiger partial charge in [-0.05, 0) is 6.07 Å². The number of ether oxygens (including phenoxy) is 1. The number of carbonyl (C=O) groups is 1. The first-order valence-electron chi connectivity index (χ1n) is 4.24. The number of nitrogens with zero attached hydrogens (tertiary/aromatic N) is 1. The van der Waals surface area contributed by atoms with Crippen LogP contribution in [0.25, 0.3) is 11.1 Å². The Morgan fingerprint density at radius 2 is 2.00 bits per heavy atom. The van der Waals surface area contributed by atoms with Crippen LogP contribution in [0.2, 0.25) is 15.1 Å². The summed E-state index contributed by atoms with van der Waals surface area (Å²) in [5.41, 5.74) is 0.0812. The lowest BCUT2D eigenvalue weighted by Gasteiger charge is -2.01. The Bertz CT molecular complexity index is 673. The summed E-state index contributed by atoms with van der Waals surface area (Å²) in [7, 11) is 1.13. The Balaban J connectivity index is 2.93. The van der Waals surface area contributed by atoms with E-state index in [2.05, 4.69) is 4.74 Å².